The van der Waals surface area contributed by atoms with Crippen LogP contribution in [0.3, 0.4) is 0 Å². The van der Waals surface area contributed by atoms with Gasteiger partial charge in [0.2, 0.25) is 11.6 Å². The van der Waals surface area contributed by atoms with Gasteiger partial charge in [0.05, 0.1) is 39.1 Å². The van der Waals surface area contributed by atoms with Crippen molar-refractivity contribution in [1.82, 2.24) is 4.98 Å². The Hall–Kier alpha value is -3.48. The van der Waals surface area contributed by atoms with E-state index in [1.165, 1.54) is 21.3 Å². The van der Waals surface area contributed by atoms with Crippen LogP contribution in [0.1, 0.15) is 17.3 Å². The van der Waals surface area contributed by atoms with E-state index in [1.54, 1.807) is 24.3 Å². The summed E-state index contributed by atoms with van der Waals surface area (Å²) in [6.07, 6.45) is 0. The first-order valence-corrected chi connectivity index (χ1v) is 8.75. The summed E-state index contributed by atoms with van der Waals surface area (Å²) >= 11 is 0. The largest absolute Gasteiger partial charge is 0.493 e. The molecule has 1 aromatic heterocycles. The molecular formula is C21H22N2O5. The molecule has 1 heterocycles. The van der Waals surface area contributed by atoms with Gasteiger partial charge in [0.1, 0.15) is 0 Å². The molecule has 3 rings (SSSR count). The molecule has 7 heteroatoms. The Bertz CT molecular complexity index is 978. The predicted molar refractivity (Wildman–Crippen MR) is 107 cm³/mol. The zero-order chi connectivity index (χ0) is 20.1. The Morgan fingerprint density at radius 3 is 2.32 bits per heavy atom. The van der Waals surface area contributed by atoms with E-state index in [2.05, 4.69) is 10.3 Å². The maximum absolute atomic E-state index is 12.9. The number of hydrogen-bond donors (Lipinski definition) is 1. The van der Waals surface area contributed by atoms with Crippen LogP contribution in [0.4, 0.5) is 5.69 Å². The third-order valence-electron chi connectivity index (χ3n) is 4.16. The second kappa shape index (κ2) is 8.47. The molecule has 0 atom stereocenters. The standard InChI is InChI=1S/C21H22N2O5/c1-5-28-18-10-9-13-7-6-8-15(19(13)23-18)22-21(24)14-11-16(25-2)20(27-4)17(12-14)26-3/h6-12H,5H2,1-4H3,(H,22,24). The Balaban J connectivity index is 1.98. The van der Waals surface area contributed by atoms with Gasteiger partial charge in [0.15, 0.2) is 11.5 Å². The maximum atomic E-state index is 12.9. The van der Waals surface area contributed by atoms with Crippen LogP contribution in [-0.4, -0.2) is 38.8 Å². The molecule has 0 unspecified atom stereocenters. The van der Waals surface area contributed by atoms with Crippen molar-refractivity contribution < 1.29 is 23.7 Å². The molecule has 28 heavy (non-hydrogen) atoms. The van der Waals surface area contributed by atoms with Gasteiger partial charge in [-0.3, -0.25) is 4.79 Å². The number of benzene rings is 2. The van der Waals surface area contributed by atoms with Gasteiger partial charge in [0, 0.05) is 17.0 Å². The number of ether oxygens (including phenoxy) is 4. The molecule has 146 valence electrons. The molecule has 3 aromatic rings. The lowest BCUT2D eigenvalue weighted by Crippen LogP contribution is -2.13. The number of aromatic nitrogens is 1. The molecule has 2 aromatic carbocycles. The summed E-state index contributed by atoms with van der Waals surface area (Å²) in [5.41, 5.74) is 1.60. The number of hydrogen-bond acceptors (Lipinski definition) is 6. The van der Waals surface area contributed by atoms with Crippen LogP contribution in [0, 0.1) is 0 Å². The fraction of sp³-hybridized carbons (Fsp3) is 0.238. The van der Waals surface area contributed by atoms with Crippen molar-refractivity contribution in [3.63, 3.8) is 0 Å². The molecule has 0 spiro atoms. The molecule has 1 N–H and O–H groups in total. The highest BCUT2D eigenvalue weighted by atomic mass is 16.5. The smallest absolute Gasteiger partial charge is 0.256 e. The van der Waals surface area contributed by atoms with Crippen LogP contribution < -0.4 is 24.3 Å². The van der Waals surface area contributed by atoms with Crippen LogP contribution in [-0.2, 0) is 0 Å². The number of anilines is 1. The highest BCUT2D eigenvalue weighted by Gasteiger charge is 2.18. The fourth-order valence-electron chi connectivity index (χ4n) is 2.86. The van der Waals surface area contributed by atoms with E-state index in [0.29, 0.717) is 46.5 Å². The van der Waals surface area contributed by atoms with Crippen molar-refractivity contribution in [3.05, 3.63) is 48.0 Å². The number of fused-ring (bicyclic) bond motifs is 1. The van der Waals surface area contributed by atoms with Crippen molar-refractivity contribution >= 4 is 22.5 Å². The van der Waals surface area contributed by atoms with E-state index in [0.717, 1.165) is 5.39 Å². The minimum Gasteiger partial charge on any atom is -0.493 e. The Morgan fingerprint density at radius 1 is 1.00 bits per heavy atom. The highest BCUT2D eigenvalue weighted by Crippen LogP contribution is 2.38. The predicted octanol–water partition coefficient (Wildman–Crippen LogP) is 3.91. The molecule has 0 aliphatic rings. The van der Waals surface area contributed by atoms with Gasteiger partial charge >= 0.3 is 0 Å². The molecule has 0 fully saturated rings. The van der Waals surface area contributed by atoms with Crippen molar-refractivity contribution in [2.75, 3.05) is 33.3 Å². The lowest BCUT2D eigenvalue weighted by Gasteiger charge is -2.14. The maximum Gasteiger partial charge on any atom is 0.256 e. The molecule has 0 saturated carbocycles. The van der Waals surface area contributed by atoms with Gasteiger partial charge < -0.3 is 24.3 Å². The molecule has 0 aliphatic carbocycles. The Labute approximate surface area is 163 Å². The third kappa shape index (κ3) is 3.78. The van der Waals surface area contributed by atoms with Crippen molar-refractivity contribution in [2.24, 2.45) is 0 Å². The van der Waals surface area contributed by atoms with Crippen LogP contribution in [0.2, 0.25) is 0 Å². The number of carbonyl (C=O) groups is 1. The number of methoxy groups -OCH3 is 3. The van der Waals surface area contributed by atoms with Gasteiger partial charge in [-0.15, -0.1) is 0 Å². The van der Waals surface area contributed by atoms with Gasteiger partial charge in [-0.05, 0) is 31.2 Å². The van der Waals surface area contributed by atoms with E-state index < -0.39 is 0 Å². The first kappa shape index (κ1) is 19.3. The lowest BCUT2D eigenvalue weighted by atomic mass is 10.1. The first-order valence-electron chi connectivity index (χ1n) is 8.75. The number of rotatable bonds is 7. The zero-order valence-corrected chi connectivity index (χ0v) is 16.2. The topological polar surface area (TPSA) is 78.9 Å². The molecular weight excluding hydrogens is 360 g/mol. The number of para-hydroxylation sites is 1. The molecule has 7 nitrogen and oxygen atoms in total. The summed E-state index contributed by atoms with van der Waals surface area (Å²) in [6.45, 7) is 2.41. The average molecular weight is 382 g/mol. The molecule has 0 radical (unpaired) electrons. The van der Waals surface area contributed by atoms with E-state index >= 15 is 0 Å². The summed E-state index contributed by atoms with van der Waals surface area (Å²) in [4.78, 5) is 17.4. The van der Waals surface area contributed by atoms with Crippen molar-refractivity contribution in [2.45, 2.75) is 6.92 Å². The van der Waals surface area contributed by atoms with E-state index in [9.17, 15) is 4.79 Å². The second-order valence-corrected chi connectivity index (χ2v) is 5.83. The van der Waals surface area contributed by atoms with E-state index in [1.807, 2.05) is 25.1 Å². The number of nitrogens with zero attached hydrogens (tertiary/aromatic N) is 1. The van der Waals surface area contributed by atoms with Crippen LogP contribution in [0.5, 0.6) is 23.1 Å². The summed E-state index contributed by atoms with van der Waals surface area (Å²) in [7, 11) is 4.52. The zero-order valence-electron chi connectivity index (χ0n) is 16.2. The second-order valence-electron chi connectivity index (χ2n) is 5.83. The van der Waals surface area contributed by atoms with Crippen LogP contribution in [0.25, 0.3) is 10.9 Å². The first-order chi connectivity index (χ1) is 13.6. The van der Waals surface area contributed by atoms with Gasteiger partial charge in [-0.2, -0.15) is 0 Å². The summed E-state index contributed by atoms with van der Waals surface area (Å²) in [6, 6.07) is 12.5. The van der Waals surface area contributed by atoms with Crippen molar-refractivity contribution in [3.8, 4) is 23.1 Å². The van der Waals surface area contributed by atoms with Crippen LogP contribution >= 0.6 is 0 Å². The van der Waals surface area contributed by atoms with E-state index in [4.69, 9.17) is 18.9 Å². The third-order valence-corrected chi connectivity index (χ3v) is 4.16. The SMILES string of the molecule is CCOc1ccc2cccc(NC(=O)c3cc(OC)c(OC)c(OC)c3)c2n1. The quantitative estimate of drug-likeness (QED) is 0.667. The Morgan fingerprint density at radius 2 is 1.71 bits per heavy atom. The minimum atomic E-state index is -0.324. The number of amides is 1. The average Bonchev–Trinajstić information content (AvgIpc) is 2.73. The highest BCUT2D eigenvalue weighted by molar-refractivity contribution is 6.08. The van der Waals surface area contributed by atoms with Gasteiger partial charge in [-0.25, -0.2) is 4.98 Å². The molecule has 0 saturated heterocycles. The van der Waals surface area contributed by atoms with Gasteiger partial charge in [-0.1, -0.05) is 12.1 Å². The monoisotopic (exact) mass is 382 g/mol. The van der Waals surface area contributed by atoms with Crippen LogP contribution in [0.15, 0.2) is 42.5 Å². The number of pyridine rings is 1. The summed E-state index contributed by atoms with van der Waals surface area (Å²) in [5.74, 6) is 1.41. The molecule has 1 amide bonds. The summed E-state index contributed by atoms with van der Waals surface area (Å²) in [5, 5.41) is 3.80. The molecule has 0 bridgehead atoms. The lowest BCUT2D eigenvalue weighted by molar-refractivity contribution is 0.102. The molecule has 0 aliphatic heterocycles. The Kier molecular flexibility index (Phi) is 5.84. The normalized spacial score (nSPS) is 10.4. The van der Waals surface area contributed by atoms with Crippen molar-refractivity contribution in [1.29, 1.82) is 0 Å². The number of carbonyl (C=O) groups excluding carboxylic acids is 1. The number of nitrogens with one attached hydrogen (secondary N) is 1. The van der Waals surface area contributed by atoms with E-state index in [-0.39, 0.29) is 5.91 Å². The summed E-state index contributed by atoms with van der Waals surface area (Å²) < 4.78 is 21.4. The minimum absolute atomic E-state index is 0.324. The van der Waals surface area contributed by atoms with Gasteiger partial charge in [0.25, 0.3) is 5.91 Å². The fourth-order valence-corrected chi connectivity index (χ4v) is 2.86.